The number of benzene rings is 1. The molecule has 2 nitrogen and oxygen atoms in total. The fourth-order valence-electron chi connectivity index (χ4n) is 2.66. The number of rotatable bonds is 7. The first-order valence-electron chi connectivity index (χ1n) is 7.29. The topological polar surface area (TPSA) is 29.3 Å². The van der Waals surface area contributed by atoms with Gasteiger partial charge in [-0.2, -0.15) is 0 Å². The summed E-state index contributed by atoms with van der Waals surface area (Å²) < 4.78 is 0. The monoisotopic (exact) mass is 262 g/mol. The van der Waals surface area contributed by atoms with Crippen LogP contribution in [0.5, 0.6) is 0 Å². The van der Waals surface area contributed by atoms with Crippen LogP contribution >= 0.6 is 0 Å². The summed E-state index contributed by atoms with van der Waals surface area (Å²) in [4.78, 5) is 2.43. The van der Waals surface area contributed by atoms with Gasteiger partial charge in [0.1, 0.15) is 0 Å². The number of hydrogen-bond donors (Lipinski definition) is 1. The molecule has 2 N–H and O–H groups in total. The van der Waals surface area contributed by atoms with Crippen molar-refractivity contribution in [1.29, 1.82) is 0 Å². The zero-order valence-electron chi connectivity index (χ0n) is 13.3. The fraction of sp³-hybridized carbons (Fsp3) is 0.647. The average molecular weight is 262 g/mol. The normalized spacial score (nSPS) is 12.2. The zero-order valence-corrected chi connectivity index (χ0v) is 13.3. The Labute approximate surface area is 119 Å². The lowest BCUT2D eigenvalue weighted by Gasteiger charge is -2.30. The third-order valence-corrected chi connectivity index (χ3v) is 3.79. The van der Waals surface area contributed by atoms with Crippen LogP contribution < -0.4 is 5.73 Å². The summed E-state index contributed by atoms with van der Waals surface area (Å²) in [6, 6.07) is 6.73. The quantitative estimate of drug-likeness (QED) is 0.818. The molecule has 0 aromatic heterocycles. The van der Waals surface area contributed by atoms with E-state index in [1.807, 2.05) is 0 Å². The van der Waals surface area contributed by atoms with Gasteiger partial charge in [-0.15, -0.1) is 0 Å². The van der Waals surface area contributed by atoms with E-state index < -0.39 is 0 Å². The Kier molecular flexibility index (Phi) is 6.02. The molecule has 0 amide bonds. The minimum absolute atomic E-state index is 0.311. The van der Waals surface area contributed by atoms with Gasteiger partial charge in [-0.05, 0) is 56.8 Å². The fourth-order valence-corrected chi connectivity index (χ4v) is 2.66. The first-order valence-corrected chi connectivity index (χ1v) is 7.29. The smallest absolute Gasteiger partial charge is 0.00302 e. The molecule has 1 aromatic carbocycles. The van der Waals surface area contributed by atoms with Crippen molar-refractivity contribution in [3.63, 3.8) is 0 Å². The van der Waals surface area contributed by atoms with Crippen molar-refractivity contribution in [1.82, 2.24) is 4.90 Å². The second-order valence-electron chi connectivity index (χ2n) is 6.62. The molecular weight excluding hydrogens is 232 g/mol. The van der Waals surface area contributed by atoms with Gasteiger partial charge in [0.15, 0.2) is 0 Å². The molecule has 0 heterocycles. The van der Waals surface area contributed by atoms with E-state index in [9.17, 15) is 0 Å². The highest BCUT2D eigenvalue weighted by Crippen LogP contribution is 2.20. The summed E-state index contributed by atoms with van der Waals surface area (Å²) >= 11 is 0. The van der Waals surface area contributed by atoms with Gasteiger partial charge in [0.2, 0.25) is 0 Å². The van der Waals surface area contributed by atoms with Crippen LogP contribution in [0.3, 0.4) is 0 Å². The van der Waals surface area contributed by atoms with E-state index in [0.29, 0.717) is 5.41 Å². The van der Waals surface area contributed by atoms with E-state index in [0.717, 1.165) is 32.5 Å². The number of nitrogens with two attached hydrogens (primary N) is 1. The summed E-state index contributed by atoms with van der Waals surface area (Å²) in [6.07, 6.45) is 2.21. The van der Waals surface area contributed by atoms with Crippen LogP contribution in [0.1, 0.15) is 37.0 Å². The van der Waals surface area contributed by atoms with Gasteiger partial charge < -0.3 is 10.6 Å². The van der Waals surface area contributed by atoms with Crippen molar-refractivity contribution >= 4 is 0 Å². The Morgan fingerprint density at radius 2 is 1.89 bits per heavy atom. The maximum Gasteiger partial charge on any atom is 0.00302 e. The highest BCUT2D eigenvalue weighted by Gasteiger charge is 2.18. The maximum atomic E-state index is 5.67. The number of aryl methyl sites for hydroxylation is 2. The first kappa shape index (κ1) is 16.2. The minimum atomic E-state index is 0.311. The molecule has 0 spiro atoms. The maximum absolute atomic E-state index is 5.67. The molecule has 1 aromatic rings. The van der Waals surface area contributed by atoms with Crippen LogP contribution in [-0.4, -0.2) is 31.6 Å². The SMILES string of the molecule is Cc1ccc(C)c(CCN(C)CC(C)(C)CCN)c1. The van der Waals surface area contributed by atoms with Crippen LogP contribution in [0.2, 0.25) is 0 Å². The van der Waals surface area contributed by atoms with Gasteiger partial charge in [0, 0.05) is 13.1 Å². The molecule has 0 saturated heterocycles. The van der Waals surface area contributed by atoms with E-state index in [2.05, 4.69) is 57.8 Å². The van der Waals surface area contributed by atoms with Gasteiger partial charge in [0.05, 0.1) is 0 Å². The van der Waals surface area contributed by atoms with Crippen molar-refractivity contribution in [3.8, 4) is 0 Å². The van der Waals surface area contributed by atoms with Crippen LogP contribution in [0.15, 0.2) is 18.2 Å². The third-order valence-electron chi connectivity index (χ3n) is 3.79. The van der Waals surface area contributed by atoms with E-state index in [1.165, 1.54) is 16.7 Å². The molecule has 2 heteroatoms. The summed E-state index contributed by atoms with van der Waals surface area (Å²) in [5.74, 6) is 0. The number of hydrogen-bond acceptors (Lipinski definition) is 2. The number of nitrogens with zero attached hydrogens (tertiary/aromatic N) is 1. The van der Waals surface area contributed by atoms with Gasteiger partial charge >= 0.3 is 0 Å². The molecular formula is C17H30N2. The predicted molar refractivity (Wildman–Crippen MR) is 84.6 cm³/mol. The summed E-state index contributed by atoms with van der Waals surface area (Å²) in [5, 5.41) is 0. The van der Waals surface area contributed by atoms with Gasteiger partial charge in [-0.25, -0.2) is 0 Å². The molecule has 0 bridgehead atoms. The van der Waals surface area contributed by atoms with E-state index in [1.54, 1.807) is 0 Å². The van der Waals surface area contributed by atoms with E-state index in [4.69, 9.17) is 5.73 Å². The van der Waals surface area contributed by atoms with Crippen LogP contribution in [0, 0.1) is 19.3 Å². The number of likely N-dealkylation sites (N-methyl/N-ethyl adjacent to an activating group) is 1. The van der Waals surface area contributed by atoms with Crippen molar-refractivity contribution in [2.24, 2.45) is 11.1 Å². The molecule has 0 aliphatic rings. The predicted octanol–water partition coefficient (Wildman–Crippen LogP) is 3.15. The second kappa shape index (κ2) is 7.06. The summed E-state index contributed by atoms with van der Waals surface area (Å²) in [6.45, 7) is 12.0. The average Bonchev–Trinajstić information content (AvgIpc) is 2.29. The Bertz CT molecular complexity index is 396. The van der Waals surface area contributed by atoms with Gasteiger partial charge in [-0.1, -0.05) is 37.6 Å². The lowest BCUT2D eigenvalue weighted by molar-refractivity contribution is 0.202. The molecule has 1 rings (SSSR count). The van der Waals surface area contributed by atoms with E-state index in [-0.39, 0.29) is 0 Å². The molecule has 0 fully saturated rings. The lowest BCUT2D eigenvalue weighted by atomic mass is 9.89. The van der Waals surface area contributed by atoms with Gasteiger partial charge in [-0.3, -0.25) is 0 Å². The standard InChI is InChI=1S/C17H30N2/c1-14-6-7-15(2)16(12-14)8-11-19(5)13-17(3,4)9-10-18/h6-7,12H,8-11,13,18H2,1-5H3. The molecule has 0 saturated carbocycles. The van der Waals surface area contributed by atoms with Crippen molar-refractivity contribution < 1.29 is 0 Å². The van der Waals surface area contributed by atoms with Crippen molar-refractivity contribution in [2.45, 2.75) is 40.5 Å². The molecule has 0 aliphatic heterocycles. The zero-order chi connectivity index (χ0) is 14.5. The Balaban J connectivity index is 2.50. The Hall–Kier alpha value is -0.860. The molecule has 0 radical (unpaired) electrons. The second-order valence-corrected chi connectivity index (χ2v) is 6.62. The molecule has 0 atom stereocenters. The Morgan fingerprint density at radius 3 is 2.53 bits per heavy atom. The Morgan fingerprint density at radius 1 is 1.21 bits per heavy atom. The minimum Gasteiger partial charge on any atom is -0.330 e. The van der Waals surface area contributed by atoms with Crippen LogP contribution in [0.4, 0.5) is 0 Å². The third kappa shape index (κ3) is 5.75. The first-order chi connectivity index (χ1) is 8.84. The molecule has 108 valence electrons. The largest absolute Gasteiger partial charge is 0.330 e. The lowest BCUT2D eigenvalue weighted by Crippen LogP contribution is -2.34. The van der Waals surface area contributed by atoms with Gasteiger partial charge in [0.25, 0.3) is 0 Å². The van der Waals surface area contributed by atoms with E-state index >= 15 is 0 Å². The van der Waals surface area contributed by atoms with Crippen LogP contribution in [0.25, 0.3) is 0 Å². The molecule has 0 unspecified atom stereocenters. The molecule has 0 aliphatic carbocycles. The highest BCUT2D eigenvalue weighted by atomic mass is 15.1. The van der Waals surface area contributed by atoms with Crippen molar-refractivity contribution in [3.05, 3.63) is 34.9 Å². The molecule has 19 heavy (non-hydrogen) atoms. The summed E-state index contributed by atoms with van der Waals surface area (Å²) in [5.41, 5.74) is 10.2. The van der Waals surface area contributed by atoms with Crippen LogP contribution in [-0.2, 0) is 6.42 Å². The summed E-state index contributed by atoms with van der Waals surface area (Å²) in [7, 11) is 2.21. The van der Waals surface area contributed by atoms with Crippen molar-refractivity contribution in [2.75, 3.05) is 26.7 Å². The highest BCUT2D eigenvalue weighted by molar-refractivity contribution is 5.30.